The highest BCUT2D eigenvalue weighted by molar-refractivity contribution is 6.28. The van der Waals surface area contributed by atoms with Crippen LogP contribution in [0.15, 0.2) is 12.3 Å². The van der Waals surface area contributed by atoms with E-state index in [9.17, 15) is 14.7 Å². The summed E-state index contributed by atoms with van der Waals surface area (Å²) in [6.45, 7) is 0.883. The van der Waals surface area contributed by atoms with Gasteiger partial charge in [0.25, 0.3) is 0 Å². The molecule has 0 saturated carbocycles. The van der Waals surface area contributed by atoms with E-state index in [1.54, 1.807) is 12.3 Å². The lowest BCUT2D eigenvalue weighted by Crippen LogP contribution is -2.31. The third-order valence-corrected chi connectivity index (χ3v) is 4.34. The monoisotopic (exact) mass is 440 g/mol. The molecule has 1 fully saturated rings. The normalized spacial score (nSPS) is 20.1. The van der Waals surface area contributed by atoms with Crippen LogP contribution in [0.2, 0.25) is 5.28 Å². The zero-order chi connectivity index (χ0) is 22.3. The van der Waals surface area contributed by atoms with Crippen LogP contribution in [0.3, 0.4) is 0 Å². The van der Waals surface area contributed by atoms with Crippen LogP contribution in [0.4, 0.5) is 10.6 Å². The molecule has 2 atom stereocenters. The molecular formula is C18H21ClN4O7. The number of esters is 1. The number of fused-ring (bicyclic) bond motifs is 1. The Bertz CT molecular complexity index is 942. The van der Waals surface area contributed by atoms with Crippen LogP contribution < -0.4 is 5.73 Å². The summed E-state index contributed by atoms with van der Waals surface area (Å²) in [5, 5.41) is 18.1. The van der Waals surface area contributed by atoms with Gasteiger partial charge in [0.2, 0.25) is 5.28 Å². The first-order valence-electron chi connectivity index (χ1n) is 8.76. The summed E-state index contributed by atoms with van der Waals surface area (Å²) in [6, 6.07) is 1.80. The molecule has 0 aliphatic carbocycles. The minimum absolute atomic E-state index is 0.0262. The zero-order valence-electron chi connectivity index (χ0n) is 16.1. The first-order chi connectivity index (χ1) is 14.2. The number of aromatic nitrogens is 3. The van der Waals surface area contributed by atoms with Crippen molar-refractivity contribution >= 4 is 40.6 Å². The fourth-order valence-corrected chi connectivity index (χ4v) is 2.95. The molecule has 3 rings (SSSR count). The molecule has 11 nitrogen and oxygen atoms in total. The van der Waals surface area contributed by atoms with Crippen molar-refractivity contribution in [3.8, 4) is 12.3 Å². The number of aliphatic hydroxyl groups excluding tert-OH is 1. The molecule has 3 heterocycles. The van der Waals surface area contributed by atoms with Crippen molar-refractivity contribution in [1.82, 2.24) is 14.5 Å². The topological polar surface area (TPSA) is 159 Å². The maximum absolute atomic E-state index is 10.1. The Kier molecular flexibility index (Phi) is 7.82. The van der Waals surface area contributed by atoms with Crippen molar-refractivity contribution in [2.75, 3.05) is 25.6 Å². The third-order valence-electron chi connectivity index (χ3n) is 4.17. The second-order valence-electron chi connectivity index (χ2n) is 6.20. The van der Waals surface area contributed by atoms with Gasteiger partial charge in [-0.15, -0.1) is 6.42 Å². The van der Waals surface area contributed by atoms with Crippen LogP contribution in [0.5, 0.6) is 0 Å². The van der Waals surface area contributed by atoms with Crippen LogP contribution in [0.1, 0.15) is 26.0 Å². The van der Waals surface area contributed by atoms with Crippen LogP contribution in [0.25, 0.3) is 11.0 Å². The standard InChI is InChI=1S/C13H13ClN4O2.C5H8O5/c1-2-13(7-19)5-3-9(20-13)18-6-4-8-10(15)16-12(14)17-11(8)18;1-4(6)9-2-3-10-5(7)8/h1,4,6,9,19H,3,5,7H2,(H2,15,16,17);2-3H2,1H3,(H,7,8)/t9-,13+;/m1./s1. The van der Waals surface area contributed by atoms with Crippen LogP contribution in [0, 0.1) is 12.3 Å². The Hall–Kier alpha value is -3.07. The molecule has 0 amide bonds. The van der Waals surface area contributed by atoms with Gasteiger partial charge < -0.3 is 34.7 Å². The maximum atomic E-state index is 10.1. The van der Waals surface area contributed by atoms with Crippen molar-refractivity contribution in [2.24, 2.45) is 0 Å². The highest BCUT2D eigenvalue weighted by Crippen LogP contribution is 2.37. The fourth-order valence-electron chi connectivity index (χ4n) is 2.77. The summed E-state index contributed by atoms with van der Waals surface area (Å²) in [7, 11) is 0. The van der Waals surface area contributed by atoms with Crippen LogP contribution in [-0.4, -0.2) is 62.3 Å². The predicted octanol–water partition coefficient (Wildman–Crippen LogP) is 1.58. The number of nitrogens with two attached hydrogens (primary N) is 1. The van der Waals surface area contributed by atoms with Gasteiger partial charge in [-0.1, -0.05) is 5.92 Å². The Morgan fingerprint density at radius 1 is 1.47 bits per heavy atom. The number of aliphatic hydroxyl groups is 1. The molecule has 0 radical (unpaired) electrons. The van der Waals surface area contributed by atoms with E-state index in [-0.39, 0.29) is 31.3 Å². The summed E-state index contributed by atoms with van der Waals surface area (Å²) in [5.74, 6) is 2.39. The Morgan fingerprint density at radius 3 is 2.73 bits per heavy atom. The second-order valence-corrected chi connectivity index (χ2v) is 6.54. The SMILES string of the molecule is C#C[C@@]1(CO)CC[C@H](n2ccc3c(N)nc(Cl)nc32)O1.CC(=O)OCCOC(=O)O. The van der Waals surface area contributed by atoms with E-state index >= 15 is 0 Å². The quantitative estimate of drug-likeness (QED) is 0.269. The fraction of sp³-hybridized carbons (Fsp3) is 0.444. The highest BCUT2D eigenvalue weighted by Gasteiger charge is 2.39. The summed E-state index contributed by atoms with van der Waals surface area (Å²) >= 11 is 5.84. The van der Waals surface area contributed by atoms with Crippen molar-refractivity contribution < 1.29 is 34.0 Å². The van der Waals surface area contributed by atoms with Crippen LogP contribution >= 0.6 is 11.6 Å². The first kappa shape index (κ1) is 23.2. The minimum atomic E-state index is -1.37. The molecule has 0 aromatic carbocycles. The first-order valence-corrected chi connectivity index (χ1v) is 9.14. The van der Waals surface area contributed by atoms with E-state index in [0.717, 1.165) is 0 Å². The molecule has 4 N–H and O–H groups in total. The van der Waals surface area contributed by atoms with E-state index in [0.29, 0.717) is 29.7 Å². The van der Waals surface area contributed by atoms with Crippen molar-refractivity contribution in [1.29, 1.82) is 0 Å². The third kappa shape index (κ3) is 5.73. The number of rotatable bonds is 5. The van der Waals surface area contributed by atoms with Gasteiger partial charge in [0.15, 0.2) is 5.60 Å². The smallest absolute Gasteiger partial charge is 0.462 e. The van der Waals surface area contributed by atoms with Gasteiger partial charge in [-0.2, -0.15) is 4.98 Å². The van der Waals surface area contributed by atoms with E-state index in [4.69, 9.17) is 33.6 Å². The molecule has 12 heteroatoms. The summed E-state index contributed by atoms with van der Waals surface area (Å²) in [5.41, 5.74) is 5.48. The van der Waals surface area contributed by atoms with Gasteiger partial charge in [-0.3, -0.25) is 4.79 Å². The number of nitrogen functional groups attached to an aromatic ring is 1. The number of nitrogens with zero attached hydrogens (tertiary/aromatic N) is 3. The number of carbonyl (C=O) groups excluding carboxylic acids is 1. The molecule has 0 unspecified atom stereocenters. The van der Waals surface area contributed by atoms with Crippen molar-refractivity contribution in [3.63, 3.8) is 0 Å². The molecule has 1 aliphatic rings. The van der Waals surface area contributed by atoms with E-state index < -0.39 is 17.7 Å². The van der Waals surface area contributed by atoms with Gasteiger partial charge in [0.05, 0.1) is 12.0 Å². The Balaban J connectivity index is 0.000000274. The number of carboxylic acid groups (broad SMARTS) is 1. The second kappa shape index (κ2) is 10.1. The minimum Gasteiger partial charge on any atom is -0.462 e. The molecule has 30 heavy (non-hydrogen) atoms. The predicted molar refractivity (Wildman–Crippen MR) is 106 cm³/mol. The highest BCUT2D eigenvalue weighted by atomic mass is 35.5. The molecule has 0 bridgehead atoms. The van der Waals surface area contributed by atoms with Gasteiger partial charge in [0.1, 0.15) is 30.9 Å². The average molecular weight is 441 g/mol. The van der Waals surface area contributed by atoms with Gasteiger partial charge in [-0.25, -0.2) is 9.78 Å². The number of hydrogen-bond acceptors (Lipinski definition) is 9. The van der Waals surface area contributed by atoms with E-state index in [1.165, 1.54) is 6.92 Å². The van der Waals surface area contributed by atoms with Gasteiger partial charge in [-0.05, 0) is 30.5 Å². The lowest BCUT2D eigenvalue weighted by atomic mass is 10.0. The summed E-state index contributed by atoms with van der Waals surface area (Å²) < 4.78 is 16.0. The molecule has 1 aliphatic heterocycles. The van der Waals surface area contributed by atoms with Crippen molar-refractivity contribution in [2.45, 2.75) is 31.6 Å². The number of carbonyl (C=O) groups is 2. The molecule has 0 spiro atoms. The molecule has 1 saturated heterocycles. The Morgan fingerprint density at radius 2 is 2.17 bits per heavy atom. The number of hydrogen-bond donors (Lipinski definition) is 3. The number of terminal acetylenes is 1. The molecule has 2 aromatic heterocycles. The van der Waals surface area contributed by atoms with E-state index in [1.807, 2.05) is 4.57 Å². The van der Waals surface area contributed by atoms with Gasteiger partial charge >= 0.3 is 12.1 Å². The lowest BCUT2D eigenvalue weighted by molar-refractivity contribution is -0.142. The van der Waals surface area contributed by atoms with Crippen molar-refractivity contribution in [3.05, 3.63) is 17.5 Å². The Labute approximate surface area is 176 Å². The average Bonchev–Trinajstić information content (AvgIpc) is 3.30. The largest absolute Gasteiger partial charge is 0.505 e. The molecule has 2 aromatic rings. The summed E-state index contributed by atoms with van der Waals surface area (Å²) in [4.78, 5) is 27.8. The van der Waals surface area contributed by atoms with E-state index in [2.05, 4.69) is 25.4 Å². The molecule has 162 valence electrons. The number of anilines is 1. The molecular weight excluding hydrogens is 420 g/mol. The summed E-state index contributed by atoms with van der Waals surface area (Å²) in [6.07, 6.45) is 6.84. The maximum Gasteiger partial charge on any atom is 0.505 e. The lowest BCUT2D eigenvalue weighted by Gasteiger charge is -2.21. The number of halogens is 1. The van der Waals surface area contributed by atoms with Crippen LogP contribution in [-0.2, 0) is 19.0 Å². The number of ether oxygens (including phenoxy) is 3. The zero-order valence-corrected chi connectivity index (χ0v) is 16.8. The van der Waals surface area contributed by atoms with Gasteiger partial charge in [0, 0.05) is 13.1 Å².